The second kappa shape index (κ2) is 61.1. The van der Waals surface area contributed by atoms with Crippen LogP contribution in [0, 0.1) is 12.7 Å². The Morgan fingerprint density at radius 3 is 1.15 bits per heavy atom. The van der Waals surface area contributed by atoms with Crippen LogP contribution >= 0.6 is 138 Å². The van der Waals surface area contributed by atoms with Gasteiger partial charge in [-0.15, -0.1) is 58.8 Å². The van der Waals surface area contributed by atoms with E-state index in [-0.39, 0.29) is 11.9 Å². The van der Waals surface area contributed by atoms with Crippen LogP contribution in [0.1, 0.15) is 163 Å². The lowest BCUT2D eigenvalue weighted by atomic mass is 10.0. The normalized spacial score (nSPS) is 14.9. The molecule has 19 rings (SSSR count). The van der Waals surface area contributed by atoms with Crippen LogP contribution in [0.15, 0.2) is 326 Å². The van der Waals surface area contributed by atoms with Crippen LogP contribution in [-0.2, 0) is 46.7 Å². The number of aryl methyl sites for hydroxylation is 1. The van der Waals surface area contributed by atoms with Crippen molar-refractivity contribution in [3.8, 4) is 34.5 Å². The van der Waals surface area contributed by atoms with E-state index in [1.54, 1.807) is 27.4 Å². The molecule has 1 fully saturated rings. The highest BCUT2D eigenvalue weighted by Crippen LogP contribution is 2.41. The molecule has 19 nitrogen and oxygen atoms in total. The Kier molecular flexibility index (Phi) is 47.0. The zero-order valence-corrected chi connectivity index (χ0v) is 97.3. The standard InChI is InChI=1S/C21H22BrFN2OS.2C20H23BrN2OS.C19H21BrN2O2.C19H21BrN2OS.C19H22N2OS/c1-26-19-9-8-15(22)11-14(19)13-27-20-17(6-4-7-18(20)23)21-24-12-16-5-2-3-10-25(16)21;1-14(2)24-18-9-8-16(21)12-15(18)13-25-19-7-4-3-6-17(19)20-22-10-5-11-23-20;1-2-12-24-18-9-8-16(21)13-15(18)14-25-19-7-4-3-6-17(19)20-22-10-5-11-23-20;1-23-18-8-7-16(20)11-15(18)13-24-12-14-5-2-3-6-17(14)19-21-9-4-10-22-19;1-2-23-17-9-8-15(20)12-14(17)13-24-18-7-4-3-6-16(18)19-21-10-5-11-22-19;1-14-8-9-17(22-2)15(12-14)13-23-18-7-4-3-6-16(18)19-20-10-5-11-21-19/h4,6-9,11,16H,2-3,5,10,12-13H2,1H3;3-4,6-9,12,14H,5,10-11,13H2,1-2H3,(H,22,23);3-4,6-9,13H,2,5,10-12,14H2,1H3,(H,22,23);2-3,5-8,11H,4,9-10,12-13H2,1H3,(H,21,22);3-4,6-9,12H,2,5,10-11,13H2,1H3,(H,21,22);3-4,6-9,12H,5,10-11,13H2,1-2H3,(H,20,21). The van der Waals surface area contributed by atoms with Gasteiger partial charge < -0.3 is 64.6 Å². The summed E-state index contributed by atoms with van der Waals surface area (Å²) in [4.78, 5) is 36.0. The summed E-state index contributed by atoms with van der Waals surface area (Å²) < 4.78 is 59.9. The number of nitrogens with zero attached hydrogens (tertiary/aromatic N) is 7. The SMILES string of the molecule is CC(C)Oc1ccc(Br)cc1CSc1ccccc1C1=NCCCN1.CCCOc1ccc(Br)cc1CSc1ccccc1C1=NCCCN1.CCOc1ccc(Br)cc1CSc1ccccc1C1=NCCCN1.COc1ccc(Br)cc1COCc1ccccc1C1=NCCCN1.COc1ccc(Br)cc1CSc1c(F)cccc1C1=NCC2CCCCN12.COc1ccc(C)cc1CSc1ccccc1C1=NCCCN1. The number of halogens is 6. The Morgan fingerprint density at radius 1 is 0.365 bits per heavy atom. The molecule has 1 saturated heterocycles. The molecule has 1 atom stereocenters. The van der Waals surface area contributed by atoms with Crippen molar-refractivity contribution in [2.24, 2.45) is 30.0 Å². The van der Waals surface area contributed by atoms with E-state index < -0.39 is 0 Å². The van der Waals surface area contributed by atoms with Crippen LogP contribution in [0.25, 0.3) is 0 Å². The Bertz CT molecular complexity index is 6560. The van der Waals surface area contributed by atoms with Gasteiger partial charge in [-0.3, -0.25) is 30.0 Å². The third-order valence-electron chi connectivity index (χ3n) is 24.4. The number of nitrogens with one attached hydrogen (secondary N) is 5. The van der Waals surface area contributed by atoms with Crippen LogP contribution in [0.3, 0.4) is 0 Å². The fourth-order valence-corrected chi connectivity index (χ4v) is 24.4. The van der Waals surface area contributed by atoms with Crippen LogP contribution in [0.2, 0.25) is 0 Å². The van der Waals surface area contributed by atoms with Gasteiger partial charge in [0.1, 0.15) is 75.3 Å². The number of fused-ring (bicyclic) bond motifs is 1. The molecule has 5 N–H and O–H groups in total. The minimum absolute atomic E-state index is 0.165. The lowest BCUT2D eigenvalue weighted by Gasteiger charge is -2.32. The van der Waals surface area contributed by atoms with E-state index in [0.29, 0.717) is 36.5 Å². The number of piperidine rings is 1. The van der Waals surface area contributed by atoms with E-state index in [0.717, 1.165) is 266 Å². The number of ether oxygens (including phenoxy) is 7. The van der Waals surface area contributed by atoms with Gasteiger partial charge in [0.05, 0.1) is 71.3 Å². The summed E-state index contributed by atoms with van der Waals surface area (Å²) in [6.45, 7) is 24.1. The Hall–Kier alpha value is -9.70. The topological polar surface area (TPSA) is 202 Å². The first-order valence-electron chi connectivity index (χ1n) is 50.7. The van der Waals surface area contributed by atoms with Crippen molar-refractivity contribution >= 4 is 173 Å². The van der Waals surface area contributed by atoms with Crippen LogP contribution in [0.4, 0.5) is 4.39 Å². The second-order valence-electron chi connectivity index (χ2n) is 35.7. The van der Waals surface area contributed by atoms with Crippen molar-refractivity contribution < 1.29 is 37.5 Å². The van der Waals surface area contributed by atoms with Crippen molar-refractivity contribution in [1.82, 2.24) is 31.5 Å². The molecule has 0 radical (unpaired) electrons. The van der Waals surface area contributed by atoms with Gasteiger partial charge in [-0.05, 0) is 225 Å². The molecular formula is C118H132Br5FN12O7S5. The number of benzene rings is 12. The smallest absolute Gasteiger partial charge is 0.137 e. The first kappa shape index (κ1) is 114. The summed E-state index contributed by atoms with van der Waals surface area (Å²) >= 11 is 26.5. The third-order valence-corrected chi connectivity index (χ3v) is 32.5. The fraction of sp³-hybridized carbons (Fsp3) is 0.339. The Labute approximate surface area is 937 Å². The molecule has 7 aliphatic heterocycles. The minimum Gasteiger partial charge on any atom is -0.496 e. The fourth-order valence-electron chi connectivity index (χ4n) is 17.2. The van der Waals surface area contributed by atoms with Crippen molar-refractivity contribution in [3.05, 3.63) is 355 Å². The van der Waals surface area contributed by atoms with Gasteiger partial charge in [-0.25, -0.2) is 4.39 Å². The van der Waals surface area contributed by atoms with Gasteiger partial charge in [0.25, 0.3) is 0 Å². The predicted molar refractivity (Wildman–Crippen MR) is 635 cm³/mol. The molecule has 0 aromatic heterocycles. The molecule has 148 heavy (non-hydrogen) atoms. The number of hydrogen-bond donors (Lipinski definition) is 5. The highest BCUT2D eigenvalue weighted by Gasteiger charge is 2.33. The quantitative estimate of drug-likeness (QED) is 0.0235. The molecule has 7 aliphatic rings. The maximum atomic E-state index is 14.8. The predicted octanol–water partition coefficient (Wildman–Crippen LogP) is 28.9. The average Bonchev–Trinajstić information content (AvgIpc) is 1.64. The van der Waals surface area contributed by atoms with Gasteiger partial charge in [0.2, 0.25) is 0 Å². The first-order chi connectivity index (χ1) is 72.4. The van der Waals surface area contributed by atoms with Crippen molar-refractivity contribution in [3.63, 3.8) is 0 Å². The molecule has 12 aromatic carbocycles. The summed E-state index contributed by atoms with van der Waals surface area (Å²) in [6.07, 6.45) is 10.3. The maximum Gasteiger partial charge on any atom is 0.137 e. The van der Waals surface area contributed by atoms with E-state index in [4.69, 9.17) is 38.2 Å². The molecule has 0 amide bonds. The zero-order valence-electron chi connectivity index (χ0n) is 85.3. The lowest BCUT2D eigenvalue weighted by Crippen LogP contribution is -2.40. The van der Waals surface area contributed by atoms with E-state index in [9.17, 15) is 4.39 Å². The van der Waals surface area contributed by atoms with E-state index in [2.05, 4.69) is 303 Å². The molecule has 0 spiro atoms. The van der Waals surface area contributed by atoms with Gasteiger partial charge in [-0.2, -0.15) is 0 Å². The lowest BCUT2D eigenvalue weighted by molar-refractivity contribution is 0.105. The summed E-state index contributed by atoms with van der Waals surface area (Å²) in [5, 5.41) is 17.1. The van der Waals surface area contributed by atoms with E-state index in [1.807, 2.05) is 151 Å². The van der Waals surface area contributed by atoms with Crippen molar-refractivity contribution in [2.45, 2.75) is 171 Å². The summed E-state index contributed by atoms with van der Waals surface area (Å²) in [6, 6.07) is 84.8. The van der Waals surface area contributed by atoms with E-state index >= 15 is 0 Å². The molecule has 0 saturated carbocycles. The summed E-state index contributed by atoms with van der Waals surface area (Å²) in [5.74, 6) is 15.4. The second-order valence-corrected chi connectivity index (χ2v) is 45.3. The van der Waals surface area contributed by atoms with Crippen LogP contribution in [0.5, 0.6) is 34.5 Å². The molecule has 0 aliphatic carbocycles. The third kappa shape index (κ3) is 34.4. The highest BCUT2D eigenvalue weighted by atomic mass is 79.9. The molecule has 0 bridgehead atoms. The molecule has 7 heterocycles. The molecule has 12 aromatic rings. The van der Waals surface area contributed by atoms with Gasteiger partial charge in [0, 0.05) is 209 Å². The molecule has 778 valence electrons. The van der Waals surface area contributed by atoms with Gasteiger partial charge in [-0.1, -0.05) is 207 Å². The number of rotatable bonds is 35. The summed E-state index contributed by atoms with van der Waals surface area (Å²) in [7, 11) is 5.07. The number of thioether (sulfide) groups is 5. The van der Waals surface area contributed by atoms with E-state index in [1.165, 1.54) is 107 Å². The Balaban J connectivity index is 0.000000140. The van der Waals surface area contributed by atoms with Gasteiger partial charge in [0.15, 0.2) is 0 Å². The first-order valence-corrected chi connectivity index (χ1v) is 59.6. The van der Waals surface area contributed by atoms with Crippen LogP contribution in [-0.4, -0.2) is 165 Å². The zero-order chi connectivity index (χ0) is 104. The van der Waals surface area contributed by atoms with Crippen molar-refractivity contribution in [1.29, 1.82) is 0 Å². The molecular weight excluding hydrogens is 2280 g/mol. The molecule has 1 unspecified atom stereocenters. The van der Waals surface area contributed by atoms with Crippen LogP contribution < -0.4 is 55.0 Å². The maximum absolute atomic E-state index is 14.8. The average molecular weight is 2410 g/mol. The monoisotopic (exact) mass is 2400 g/mol. The number of hydrogen-bond acceptors (Lipinski definition) is 24. The summed E-state index contributed by atoms with van der Waals surface area (Å²) in [5.41, 5.74) is 16.1. The highest BCUT2D eigenvalue weighted by molar-refractivity contribution is 9.11. The van der Waals surface area contributed by atoms with Gasteiger partial charge >= 0.3 is 0 Å². The Morgan fingerprint density at radius 2 is 0.723 bits per heavy atom. The largest absolute Gasteiger partial charge is 0.496 e. The van der Waals surface area contributed by atoms with Crippen molar-refractivity contribution in [2.75, 3.05) is 113 Å². The molecule has 30 heteroatoms. The number of methoxy groups -OCH3 is 3. The minimum atomic E-state index is -0.186. The number of amidine groups is 6. The number of aliphatic imine (C=N–C) groups is 6.